The summed E-state index contributed by atoms with van der Waals surface area (Å²) in [7, 11) is 0. The van der Waals surface area contributed by atoms with Crippen molar-refractivity contribution in [3.63, 3.8) is 0 Å². The molecule has 0 saturated carbocycles. The number of allylic oxidation sites excluding steroid dienone is 5. The van der Waals surface area contributed by atoms with Crippen molar-refractivity contribution in [3.05, 3.63) is 36.5 Å². The molecule has 0 heterocycles. The Balaban J connectivity index is 3.51. The van der Waals surface area contributed by atoms with E-state index < -0.39 is 12.1 Å². The Hall–Kier alpha value is -1.92. The summed E-state index contributed by atoms with van der Waals surface area (Å²) in [6, 6.07) is -0.638. The number of unbranched alkanes of at least 4 members (excludes halogenated alkanes) is 37. The zero-order chi connectivity index (χ0) is 46.5. The molecule has 0 saturated heterocycles. The number of esters is 1. The summed E-state index contributed by atoms with van der Waals surface area (Å²) in [5.41, 5.74) is 0. The van der Waals surface area contributed by atoms with Crippen molar-refractivity contribution in [1.82, 2.24) is 5.32 Å². The van der Waals surface area contributed by atoms with Gasteiger partial charge in [-0.3, -0.25) is 9.59 Å². The van der Waals surface area contributed by atoms with E-state index in [1.165, 1.54) is 212 Å². The van der Waals surface area contributed by atoms with Crippen LogP contribution in [0.3, 0.4) is 0 Å². The first-order valence-electron chi connectivity index (χ1n) is 28.3. The van der Waals surface area contributed by atoms with Gasteiger partial charge in [0.15, 0.2) is 0 Å². The van der Waals surface area contributed by atoms with Crippen molar-refractivity contribution >= 4 is 11.9 Å². The molecule has 0 aliphatic rings. The van der Waals surface area contributed by atoms with Crippen LogP contribution in [0.15, 0.2) is 36.5 Å². The van der Waals surface area contributed by atoms with E-state index in [1.54, 1.807) is 6.08 Å². The molecule has 0 aromatic heterocycles. The Labute approximate surface area is 398 Å². The maximum Gasteiger partial charge on any atom is 0.305 e. The minimum Gasteiger partial charge on any atom is -0.466 e. The molecule has 1 amide bonds. The maximum atomic E-state index is 12.5. The summed E-state index contributed by atoms with van der Waals surface area (Å²) in [6.07, 6.45) is 65.9. The lowest BCUT2D eigenvalue weighted by Gasteiger charge is -2.20. The van der Waals surface area contributed by atoms with Crippen LogP contribution < -0.4 is 5.32 Å². The highest BCUT2D eigenvalue weighted by molar-refractivity contribution is 5.76. The van der Waals surface area contributed by atoms with Gasteiger partial charge in [0.05, 0.1) is 25.4 Å². The number of nitrogens with one attached hydrogen (secondary N) is 1. The number of aliphatic hydroxyl groups is 2. The molecule has 0 spiro atoms. The fourth-order valence-corrected chi connectivity index (χ4v) is 8.49. The minimum absolute atomic E-state index is 0.0141. The van der Waals surface area contributed by atoms with Gasteiger partial charge in [0, 0.05) is 12.8 Å². The second kappa shape index (κ2) is 53.7. The molecular weight excluding hydrogens is 791 g/mol. The highest BCUT2D eigenvalue weighted by Crippen LogP contribution is 2.16. The molecule has 0 aromatic carbocycles. The molecule has 0 aromatic rings. The van der Waals surface area contributed by atoms with Gasteiger partial charge in [-0.15, -0.1) is 0 Å². The Morgan fingerprint density at radius 2 is 0.750 bits per heavy atom. The molecule has 3 N–H and O–H groups in total. The van der Waals surface area contributed by atoms with Crippen molar-refractivity contribution in [2.24, 2.45) is 0 Å². The maximum absolute atomic E-state index is 12.5. The molecule has 2 unspecified atom stereocenters. The number of carbonyl (C=O) groups excluding carboxylic acids is 2. The van der Waals surface area contributed by atoms with Crippen LogP contribution in [0.1, 0.15) is 296 Å². The van der Waals surface area contributed by atoms with Gasteiger partial charge in [-0.2, -0.15) is 0 Å². The summed E-state index contributed by atoms with van der Waals surface area (Å²) in [5, 5.41) is 23.1. The van der Waals surface area contributed by atoms with Gasteiger partial charge in [0.2, 0.25) is 5.91 Å². The van der Waals surface area contributed by atoms with Crippen molar-refractivity contribution < 1.29 is 24.5 Å². The standard InChI is InChI=1S/C58H109NO5/c1-3-5-7-9-11-13-15-16-17-18-19-21-24-27-31-34-38-42-46-50-56(61)55(54-60)59-57(62)51-47-43-39-35-32-28-25-22-20-23-26-29-33-37-41-45-49-53-64-58(63)52-48-44-40-36-30-14-12-10-8-6-4-2/h10,12,20,23,46,50,55-56,60-61H,3-9,11,13-19,21-22,24-45,47-49,51-54H2,1-2H3,(H,59,62)/b12-10-,23-20-,50-46+. The van der Waals surface area contributed by atoms with Crippen LogP contribution in [-0.4, -0.2) is 47.4 Å². The van der Waals surface area contributed by atoms with Crippen LogP contribution >= 0.6 is 0 Å². The second-order valence-corrected chi connectivity index (χ2v) is 19.3. The smallest absolute Gasteiger partial charge is 0.305 e. The van der Waals surface area contributed by atoms with Crippen LogP contribution in [0, 0.1) is 0 Å². The van der Waals surface area contributed by atoms with Gasteiger partial charge < -0.3 is 20.3 Å². The van der Waals surface area contributed by atoms with E-state index >= 15 is 0 Å². The molecule has 376 valence electrons. The van der Waals surface area contributed by atoms with Crippen molar-refractivity contribution in [2.75, 3.05) is 13.2 Å². The lowest BCUT2D eigenvalue weighted by molar-refractivity contribution is -0.143. The van der Waals surface area contributed by atoms with Gasteiger partial charge >= 0.3 is 5.97 Å². The highest BCUT2D eigenvalue weighted by atomic mass is 16.5. The highest BCUT2D eigenvalue weighted by Gasteiger charge is 2.18. The molecule has 0 fully saturated rings. The molecule has 6 nitrogen and oxygen atoms in total. The topological polar surface area (TPSA) is 95.9 Å². The summed E-state index contributed by atoms with van der Waals surface area (Å²) < 4.78 is 5.44. The second-order valence-electron chi connectivity index (χ2n) is 19.3. The summed E-state index contributed by atoms with van der Waals surface area (Å²) in [5.74, 6) is -0.0930. The van der Waals surface area contributed by atoms with Crippen LogP contribution in [0.5, 0.6) is 0 Å². The SMILES string of the molecule is CCCC/C=C\CCCCCCCC(=O)OCCCCCCCC/C=C\CCCCCCCCCC(=O)NC(CO)C(O)/C=C/CCCCCCCCCCCCCCCCCCC. The summed E-state index contributed by atoms with van der Waals surface area (Å²) in [4.78, 5) is 24.4. The molecular formula is C58H109NO5. The third kappa shape index (κ3) is 49.5. The molecule has 0 rings (SSSR count). The Morgan fingerprint density at radius 3 is 1.16 bits per heavy atom. The molecule has 0 radical (unpaired) electrons. The van der Waals surface area contributed by atoms with Crippen LogP contribution in [0.2, 0.25) is 0 Å². The number of hydrogen-bond donors (Lipinski definition) is 3. The monoisotopic (exact) mass is 900 g/mol. The molecule has 2 atom stereocenters. The average molecular weight is 901 g/mol. The van der Waals surface area contributed by atoms with Crippen LogP contribution in [-0.2, 0) is 14.3 Å². The van der Waals surface area contributed by atoms with E-state index in [9.17, 15) is 19.8 Å². The van der Waals surface area contributed by atoms with Crippen LogP contribution in [0.4, 0.5) is 0 Å². The number of aliphatic hydroxyl groups excluding tert-OH is 2. The van der Waals surface area contributed by atoms with Gasteiger partial charge in [-0.25, -0.2) is 0 Å². The zero-order valence-electron chi connectivity index (χ0n) is 42.8. The molecule has 6 heteroatoms. The van der Waals surface area contributed by atoms with E-state index in [0.29, 0.717) is 19.4 Å². The van der Waals surface area contributed by atoms with E-state index in [-0.39, 0.29) is 18.5 Å². The fourth-order valence-electron chi connectivity index (χ4n) is 8.49. The van der Waals surface area contributed by atoms with Gasteiger partial charge in [-0.05, 0) is 77.0 Å². The molecule has 0 bridgehead atoms. The van der Waals surface area contributed by atoms with E-state index in [0.717, 1.165) is 57.8 Å². The van der Waals surface area contributed by atoms with Crippen molar-refractivity contribution in [1.29, 1.82) is 0 Å². The predicted octanol–water partition coefficient (Wildman–Crippen LogP) is 17.2. The Kier molecular flexibility index (Phi) is 52.1. The first-order valence-corrected chi connectivity index (χ1v) is 28.3. The summed E-state index contributed by atoms with van der Waals surface area (Å²) in [6.45, 7) is 4.85. The third-order valence-electron chi connectivity index (χ3n) is 12.9. The number of carbonyl (C=O) groups is 2. The normalized spacial score (nSPS) is 12.9. The lowest BCUT2D eigenvalue weighted by Crippen LogP contribution is -2.45. The van der Waals surface area contributed by atoms with Gasteiger partial charge in [0.1, 0.15) is 0 Å². The number of amides is 1. The lowest BCUT2D eigenvalue weighted by atomic mass is 10.0. The van der Waals surface area contributed by atoms with E-state index in [1.807, 2.05) is 6.08 Å². The fraction of sp³-hybridized carbons (Fsp3) is 0.862. The van der Waals surface area contributed by atoms with Crippen LogP contribution in [0.25, 0.3) is 0 Å². The number of hydrogen-bond acceptors (Lipinski definition) is 5. The van der Waals surface area contributed by atoms with E-state index in [4.69, 9.17) is 4.74 Å². The summed E-state index contributed by atoms with van der Waals surface area (Å²) >= 11 is 0. The predicted molar refractivity (Wildman–Crippen MR) is 278 cm³/mol. The van der Waals surface area contributed by atoms with E-state index in [2.05, 4.69) is 43.5 Å². The number of rotatable bonds is 52. The quantitative estimate of drug-likeness (QED) is 0.0321. The molecule has 64 heavy (non-hydrogen) atoms. The molecule has 0 aliphatic heterocycles. The number of ether oxygens (including phenoxy) is 1. The molecule has 0 aliphatic carbocycles. The largest absolute Gasteiger partial charge is 0.466 e. The van der Waals surface area contributed by atoms with Gasteiger partial charge in [0.25, 0.3) is 0 Å². The van der Waals surface area contributed by atoms with Gasteiger partial charge in [-0.1, -0.05) is 243 Å². The Morgan fingerprint density at radius 1 is 0.422 bits per heavy atom. The first kappa shape index (κ1) is 62.1. The zero-order valence-corrected chi connectivity index (χ0v) is 42.8. The first-order chi connectivity index (χ1) is 31.5. The Bertz CT molecular complexity index is 1040. The average Bonchev–Trinajstić information content (AvgIpc) is 3.29. The van der Waals surface area contributed by atoms with Crippen molar-refractivity contribution in [2.45, 2.75) is 309 Å². The minimum atomic E-state index is -0.853. The van der Waals surface area contributed by atoms with Crippen molar-refractivity contribution in [3.8, 4) is 0 Å². The third-order valence-corrected chi connectivity index (χ3v) is 12.9.